The Morgan fingerprint density at radius 2 is 1.50 bits per heavy atom. The number of sulfonamides is 2. The number of hydrogen-bond acceptors (Lipinski definition) is 5. The average Bonchev–Trinajstić information content (AvgIpc) is 2.78. The van der Waals surface area contributed by atoms with Crippen molar-refractivity contribution in [2.45, 2.75) is 38.6 Å². The van der Waals surface area contributed by atoms with Crippen LogP contribution in [0.1, 0.15) is 23.6 Å². The lowest BCUT2D eigenvalue weighted by molar-refractivity contribution is -0.116. The van der Waals surface area contributed by atoms with E-state index in [1.165, 1.54) is 37.3 Å². The van der Waals surface area contributed by atoms with Gasteiger partial charge in [0, 0.05) is 10.7 Å². The van der Waals surface area contributed by atoms with Crippen LogP contribution in [-0.2, 0) is 24.8 Å². The van der Waals surface area contributed by atoms with Crippen LogP contribution in [0.2, 0.25) is 5.02 Å². The molecule has 3 aromatic carbocycles. The van der Waals surface area contributed by atoms with Crippen LogP contribution in [0.5, 0.6) is 0 Å². The summed E-state index contributed by atoms with van der Waals surface area (Å²) in [5.74, 6) is -0.594. The molecule has 192 valence electrons. The van der Waals surface area contributed by atoms with Crippen molar-refractivity contribution in [2.75, 3.05) is 20.6 Å². The highest BCUT2D eigenvalue weighted by Gasteiger charge is 2.30. The first-order valence-electron chi connectivity index (χ1n) is 11.0. The summed E-state index contributed by atoms with van der Waals surface area (Å²) >= 11 is 6.07. The molecule has 0 heterocycles. The number of hydrogen-bond donors (Lipinski definition) is 2. The topological polar surface area (TPSA) is 113 Å². The summed E-state index contributed by atoms with van der Waals surface area (Å²) in [6.07, 6.45) is 1.01. The van der Waals surface area contributed by atoms with Gasteiger partial charge in [-0.25, -0.2) is 16.8 Å². The highest BCUT2D eigenvalue weighted by atomic mass is 35.5. The number of amides is 1. The molecule has 0 fully saturated rings. The van der Waals surface area contributed by atoms with Gasteiger partial charge < -0.3 is 5.32 Å². The van der Waals surface area contributed by atoms with E-state index >= 15 is 0 Å². The molecule has 3 aromatic rings. The molecule has 2 N–H and O–H groups in total. The van der Waals surface area contributed by atoms with Gasteiger partial charge in [-0.1, -0.05) is 29.8 Å². The van der Waals surface area contributed by atoms with Gasteiger partial charge >= 0.3 is 0 Å². The Bertz CT molecular complexity index is 1510. The van der Waals surface area contributed by atoms with E-state index in [-0.39, 0.29) is 4.90 Å². The summed E-state index contributed by atoms with van der Waals surface area (Å²) in [4.78, 5) is 13.0. The number of nitrogens with one attached hydrogen (secondary N) is 2. The van der Waals surface area contributed by atoms with Gasteiger partial charge in [-0.05, 0) is 86.8 Å². The number of anilines is 3. The monoisotopic (exact) mass is 549 g/mol. The fourth-order valence-corrected chi connectivity index (χ4v) is 6.13. The fourth-order valence-electron chi connectivity index (χ4n) is 3.61. The molecule has 0 aliphatic carbocycles. The molecule has 0 aromatic heterocycles. The number of aryl methyl sites for hydroxylation is 3. The SMILES string of the molecule is Cc1ccc(C)c(NS(=O)(=O)c2ccc(NC(=O)[C@@H](C)N(c3cc(Cl)ccc3C)S(C)(=O)=O)cc2)c1. The molecular weight excluding hydrogens is 522 g/mol. The van der Waals surface area contributed by atoms with E-state index in [0.717, 1.165) is 21.7 Å². The van der Waals surface area contributed by atoms with Crippen molar-refractivity contribution < 1.29 is 21.6 Å². The molecule has 0 unspecified atom stereocenters. The zero-order chi connectivity index (χ0) is 26.8. The second-order valence-electron chi connectivity index (χ2n) is 8.60. The van der Waals surface area contributed by atoms with Crippen LogP contribution in [0.4, 0.5) is 17.1 Å². The van der Waals surface area contributed by atoms with Crippen LogP contribution in [0.25, 0.3) is 0 Å². The van der Waals surface area contributed by atoms with E-state index in [1.54, 1.807) is 25.1 Å². The van der Waals surface area contributed by atoms with Crippen molar-refractivity contribution in [2.24, 2.45) is 0 Å². The van der Waals surface area contributed by atoms with Crippen molar-refractivity contribution in [1.82, 2.24) is 0 Å². The normalized spacial score (nSPS) is 12.6. The van der Waals surface area contributed by atoms with Gasteiger partial charge in [0.05, 0.1) is 22.5 Å². The Balaban J connectivity index is 1.81. The number of halogens is 1. The number of benzene rings is 3. The predicted octanol–water partition coefficient (Wildman–Crippen LogP) is 4.86. The molecule has 0 saturated heterocycles. The zero-order valence-electron chi connectivity index (χ0n) is 20.5. The molecule has 0 aliphatic heterocycles. The number of carbonyl (C=O) groups excluding carboxylic acids is 1. The van der Waals surface area contributed by atoms with Crippen molar-refractivity contribution in [3.63, 3.8) is 0 Å². The smallest absolute Gasteiger partial charge is 0.261 e. The largest absolute Gasteiger partial charge is 0.324 e. The lowest BCUT2D eigenvalue weighted by Crippen LogP contribution is -2.45. The molecule has 36 heavy (non-hydrogen) atoms. The molecule has 0 bridgehead atoms. The van der Waals surface area contributed by atoms with E-state index in [0.29, 0.717) is 27.6 Å². The van der Waals surface area contributed by atoms with Crippen LogP contribution in [0, 0.1) is 20.8 Å². The second kappa shape index (κ2) is 10.5. The van der Waals surface area contributed by atoms with E-state index in [2.05, 4.69) is 10.0 Å². The maximum Gasteiger partial charge on any atom is 0.261 e. The van der Waals surface area contributed by atoms with Crippen LogP contribution < -0.4 is 14.3 Å². The molecule has 0 aliphatic rings. The molecule has 0 spiro atoms. The molecule has 0 radical (unpaired) electrons. The minimum Gasteiger partial charge on any atom is -0.324 e. The number of rotatable bonds is 8. The maximum atomic E-state index is 13.0. The van der Waals surface area contributed by atoms with E-state index in [1.807, 2.05) is 26.0 Å². The molecule has 11 heteroatoms. The molecule has 3 rings (SSSR count). The molecular formula is C25H28ClN3O5S2. The Kier molecular flexibility index (Phi) is 8.02. The highest BCUT2D eigenvalue weighted by molar-refractivity contribution is 7.92. The highest BCUT2D eigenvalue weighted by Crippen LogP contribution is 2.29. The van der Waals surface area contributed by atoms with Crippen molar-refractivity contribution in [3.8, 4) is 0 Å². The molecule has 0 saturated carbocycles. The first-order valence-corrected chi connectivity index (χ1v) is 14.7. The predicted molar refractivity (Wildman–Crippen MR) is 145 cm³/mol. The summed E-state index contributed by atoms with van der Waals surface area (Å²) < 4.78 is 54.4. The molecule has 1 atom stereocenters. The lowest BCUT2D eigenvalue weighted by Gasteiger charge is -2.29. The molecule has 8 nitrogen and oxygen atoms in total. The number of nitrogens with zero attached hydrogens (tertiary/aromatic N) is 1. The Morgan fingerprint density at radius 1 is 0.889 bits per heavy atom. The minimum atomic E-state index is -3.85. The fraction of sp³-hybridized carbons (Fsp3) is 0.240. The van der Waals surface area contributed by atoms with Gasteiger partial charge in [0.15, 0.2) is 0 Å². The molecule has 1 amide bonds. The summed E-state index contributed by atoms with van der Waals surface area (Å²) in [5.41, 5.74) is 3.43. The second-order valence-corrected chi connectivity index (χ2v) is 12.6. The summed E-state index contributed by atoms with van der Waals surface area (Å²) in [7, 11) is -7.68. The Morgan fingerprint density at radius 3 is 2.11 bits per heavy atom. The van der Waals surface area contributed by atoms with Gasteiger partial charge in [0.25, 0.3) is 10.0 Å². The average molecular weight is 550 g/mol. The third kappa shape index (κ3) is 6.37. The van der Waals surface area contributed by atoms with Crippen LogP contribution in [-0.4, -0.2) is 35.0 Å². The van der Waals surface area contributed by atoms with Gasteiger partial charge in [0.1, 0.15) is 6.04 Å². The third-order valence-corrected chi connectivity index (χ3v) is 8.41. The quantitative estimate of drug-likeness (QED) is 0.416. The standard InChI is InChI=1S/C25H28ClN3O5S2/c1-16-6-7-17(2)23(14-16)28-36(33,34)22-12-10-21(11-13-22)27-25(30)19(4)29(35(5,31)32)24-15-20(26)9-8-18(24)3/h6-15,19,28H,1-5H3,(H,27,30)/t19-/m1/s1. The van der Waals surface area contributed by atoms with Crippen LogP contribution >= 0.6 is 11.6 Å². The first-order chi connectivity index (χ1) is 16.7. The van der Waals surface area contributed by atoms with E-state index in [9.17, 15) is 21.6 Å². The third-order valence-electron chi connectivity index (χ3n) is 5.57. The Hall–Kier alpha value is -3.08. The number of carbonyl (C=O) groups is 1. The van der Waals surface area contributed by atoms with Gasteiger partial charge in [-0.3, -0.25) is 13.8 Å². The van der Waals surface area contributed by atoms with E-state index in [4.69, 9.17) is 11.6 Å². The summed E-state index contributed by atoms with van der Waals surface area (Å²) in [6.45, 7) is 6.86. The van der Waals surface area contributed by atoms with Gasteiger partial charge in [-0.15, -0.1) is 0 Å². The van der Waals surface area contributed by atoms with Crippen LogP contribution in [0.15, 0.2) is 65.6 Å². The minimum absolute atomic E-state index is 0.0155. The van der Waals surface area contributed by atoms with Crippen molar-refractivity contribution >= 4 is 54.6 Å². The zero-order valence-corrected chi connectivity index (χ0v) is 22.9. The Labute approximate surface area is 217 Å². The van der Waals surface area contributed by atoms with Crippen LogP contribution in [0.3, 0.4) is 0 Å². The van der Waals surface area contributed by atoms with Gasteiger partial charge in [0.2, 0.25) is 15.9 Å². The van der Waals surface area contributed by atoms with Gasteiger partial charge in [-0.2, -0.15) is 0 Å². The van der Waals surface area contributed by atoms with Crippen molar-refractivity contribution in [3.05, 3.63) is 82.4 Å². The van der Waals surface area contributed by atoms with E-state index < -0.39 is 32.0 Å². The summed E-state index contributed by atoms with van der Waals surface area (Å²) in [6, 6.07) is 14.8. The maximum absolute atomic E-state index is 13.0. The summed E-state index contributed by atoms with van der Waals surface area (Å²) in [5, 5.41) is 2.99. The first kappa shape index (κ1) is 27.5. The lowest BCUT2D eigenvalue weighted by atomic mass is 10.1. The van der Waals surface area contributed by atoms with Crippen molar-refractivity contribution in [1.29, 1.82) is 0 Å².